The van der Waals surface area contributed by atoms with Crippen molar-refractivity contribution in [2.24, 2.45) is 16.7 Å². The maximum absolute atomic E-state index is 12.3. The van der Waals surface area contributed by atoms with Gasteiger partial charge in [0.1, 0.15) is 5.78 Å². The summed E-state index contributed by atoms with van der Waals surface area (Å²) in [5.74, 6) is 0.524. The van der Waals surface area contributed by atoms with E-state index in [0.717, 1.165) is 19.5 Å². The Hall–Kier alpha value is -0.670. The minimum atomic E-state index is -0.313. The summed E-state index contributed by atoms with van der Waals surface area (Å²) >= 11 is 0. The second-order valence-corrected chi connectivity index (χ2v) is 6.28. The predicted molar refractivity (Wildman–Crippen MR) is 67.3 cm³/mol. The summed E-state index contributed by atoms with van der Waals surface area (Å²) in [5.41, 5.74) is 1.07. The molecule has 3 nitrogen and oxygen atoms in total. The normalized spacial score (nSPS) is 37.6. The van der Waals surface area contributed by atoms with Gasteiger partial charge in [-0.2, -0.15) is 5.06 Å². The molecular formula is C14H23NO2. The van der Waals surface area contributed by atoms with Gasteiger partial charge in [0.05, 0.1) is 7.11 Å². The first-order valence-corrected chi connectivity index (χ1v) is 6.36. The van der Waals surface area contributed by atoms with E-state index in [-0.39, 0.29) is 16.7 Å². The Labute approximate surface area is 104 Å². The van der Waals surface area contributed by atoms with E-state index >= 15 is 0 Å². The van der Waals surface area contributed by atoms with Crippen LogP contribution in [0, 0.1) is 16.7 Å². The van der Waals surface area contributed by atoms with Crippen molar-refractivity contribution < 1.29 is 9.63 Å². The quantitative estimate of drug-likeness (QED) is 0.656. The fourth-order valence-corrected chi connectivity index (χ4v) is 3.82. The van der Waals surface area contributed by atoms with Crippen LogP contribution in [0.15, 0.2) is 11.6 Å². The van der Waals surface area contributed by atoms with Crippen LogP contribution in [0.25, 0.3) is 0 Å². The maximum atomic E-state index is 12.3. The third-order valence-corrected chi connectivity index (χ3v) is 4.43. The van der Waals surface area contributed by atoms with Crippen LogP contribution in [0.1, 0.15) is 34.1 Å². The zero-order valence-corrected chi connectivity index (χ0v) is 11.5. The maximum Gasteiger partial charge on any atom is 0.145 e. The van der Waals surface area contributed by atoms with Crippen molar-refractivity contribution in [3.05, 3.63) is 11.6 Å². The zero-order chi connectivity index (χ0) is 12.8. The standard InChI is InChI=1S/C14H23NO2/c1-10-8-14(4)9-15(17-5)7-6-11(14)13(2,3)12(10)16/h6,10H,7-9H2,1-5H3/t10?,14-/m1/s1. The summed E-state index contributed by atoms with van der Waals surface area (Å²) in [6, 6.07) is 0. The van der Waals surface area contributed by atoms with Gasteiger partial charge in [-0.3, -0.25) is 4.79 Å². The molecule has 1 unspecified atom stereocenters. The highest BCUT2D eigenvalue weighted by atomic mass is 16.7. The summed E-state index contributed by atoms with van der Waals surface area (Å²) < 4.78 is 0. The van der Waals surface area contributed by atoms with Gasteiger partial charge in [0.25, 0.3) is 0 Å². The van der Waals surface area contributed by atoms with E-state index in [2.05, 4.69) is 33.8 Å². The lowest BCUT2D eigenvalue weighted by Gasteiger charge is -2.51. The predicted octanol–water partition coefficient (Wildman–Crippen LogP) is 2.43. The van der Waals surface area contributed by atoms with Gasteiger partial charge in [-0.15, -0.1) is 0 Å². The molecule has 0 bridgehead atoms. The molecule has 0 N–H and O–H groups in total. The molecule has 1 heterocycles. The first-order chi connectivity index (χ1) is 7.81. The van der Waals surface area contributed by atoms with E-state index in [1.54, 1.807) is 7.11 Å². The summed E-state index contributed by atoms with van der Waals surface area (Å²) in [6.45, 7) is 10.1. The van der Waals surface area contributed by atoms with Crippen LogP contribution in [-0.2, 0) is 9.63 Å². The van der Waals surface area contributed by atoms with Gasteiger partial charge in [0.2, 0.25) is 0 Å². The molecule has 0 aromatic carbocycles. The minimum absolute atomic E-state index is 0.0745. The lowest BCUT2D eigenvalue weighted by Crippen LogP contribution is -2.52. The van der Waals surface area contributed by atoms with E-state index in [1.165, 1.54) is 5.57 Å². The molecule has 0 spiro atoms. The average Bonchev–Trinajstić information content (AvgIpc) is 2.25. The van der Waals surface area contributed by atoms with Gasteiger partial charge >= 0.3 is 0 Å². The number of nitrogens with zero attached hydrogens (tertiary/aromatic N) is 1. The number of carbonyl (C=O) groups excluding carboxylic acids is 1. The van der Waals surface area contributed by atoms with Crippen LogP contribution < -0.4 is 0 Å². The SMILES string of the molecule is CON1CC=C2C(C)(C)C(=O)C(C)C[C@]2(C)C1. The molecule has 1 fully saturated rings. The van der Waals surface area contributed by atoms with Crippen LogP contribution in [0.4, 0.5) is 0 Å². The van der Waals surface area contributed by atoms with Crippen molar-refractivity contribution >= 4 is 5.78 Å². The summed E-state index contributed by atoms with van der Waals surface area (Å²) in [4.78, 5) is 17.6. The molecular weight excluding hydrogens is 214 g/mol. The molecule has 2 rings (SSSR count). The molecule has 2 atom stereocenters. The van der Waals surface area contributed by atoms with Gasteiger partial charge in [0.15, 0.2) is 0 Å². The Kier molecular flexibility index (Phi) is 2.95. The number of carbonyl (C=O) groups is 1. The van der Waals surface area contributed by atoms with Crippen LogP contribution in [-0.4, -0.2) is 31.0 Å². The van der Waals surface area contributed by atoms with Crippen LogP contribution in [0.2, 0.25) is 0 Å². The lowest BCUT2D eigenvalue weighted by molar-refractivity contribution is -0.156. The Bertz CT molecular complexity index is 372. The third kappa shape index (κ3) is 1.85. The number of ketones is 1. The van der Waals surface area contributed by atoms with Gasteiger partial charge in [-0.25, -0.2) is 0 Å². The molecule has 0 aromatic heterocycles. The molecule has 2 aliphatic rings. The van der Waals surface area contributed by atoms with Gasteiger partial charge < -0.3 is 4.84 Å². The molecule has 96 valence electrons. The van der Waals surface area contributed by atoms with Crippen LogP contribution >= 0.6 is 0 Å². The second-order valence-electron chi connectivity index (χ2n) is 6.28. The van der Waals surface area contributed by atoms with Gasteiger partial charge in [-0.1, -0.05) is 25.5 Å². The summed E-state index contributed by atoms with van der Waals surface area (Å²) in [5, 5.41) is 1.97. The largest absolute Gasteiger partial charge is 0.302 e. The van der Waals surface area contributed by atoms with Crippen molar-refractivity contribution in [2.45, 2.75) is 34.1 Å². The molecule has 0 saturated heterocycles. The summed E-state index contributed by atoms with van der Waals surface area (Å²) in [6.07, 6.45) is 3.12. The fourth-order valence-electron chi connectivity index (χ4n) is 3.82. The molecule has 1 aliphatic carbocycles. The average molecular weight is 237 g/mol. The fraction of sp³-hybridized carbons (Fsp3) is 0.786. The first kappa shape index (κ1) is 12.8. The van der Waals surface area contributed by atoms with E-state index in [0.29, 0.717) is 5.78 Å². The topological polar surface area (TPSA) is 29.5 Å². The lowest BCUT2D eigenvalue weighted by atomic mass is 9.56. The zero-order valence-electron chi connectivity index (χ0n) is 11.5. The van der Waals surface area contributed by atoms with Crippen LogP contribution in [0.3, 0.4) is 0 Å². The van der Waals surface area contributed by atoms with Gasteiger partial charge in [-0.05, 0) is 20.3 Å². The van der Waals surface area contributed by atoms with E-state index < -0.39 is 0 Å². The molecule has 1 saturated carbocycles. The molecule has 17 heavy (non-hydrogen) atoms. The molecule has 3 heteroatoms. The number of hydrogen-bond donors (Lipinski definition) is 0. The van der Waals surface area contributed by atoms with Crippen molar-refractivity contribution in [2.75, 3.05) is 20.2 Å². The first-order valence-electron chi connectivity index (χ1n) is 6.36. The second kappa shape index (κ2) is 3.92. The third-order valence-electron chi connectivity index (χ3n) is 4.43. The number of rotatable bonds is 1. The Morgan fingerprint density at radius 3 is 2.65 bits per heavy atom. The number of hydroxylamine groups is 2. The molecule has 0 aromatic rings. The van der Waals surface area contributed by atoms with Gasteiger partial charge in [0, 0.05) is 29.8 Å². The van der Waals surface area contributed by atoms with E-state index in [4.69, 9.17) is 4.84 Å². The highest BCUT2D eigenvalue weighted by molar-refractivity contribution is 5.90. The highest BCUT2D eigenvalue weighted by Crippen LogP contribution is 2.52. The van der Waals surface area contributed by atoms with Crippen molar-refractivity contribution in [1.82, 2.24) is 5.06 Å². The molecule has 1 aliphatic heterocycles. The minimum Gasteiger partial charge on any atom is -0.302 e. The summed E-state index contributed by atoms with van der Waals surface area (Å²) in [7, 11) is 1.71. The highest BCUT2D eigenvalue weighted by Gasteiger charge is 2.51. The van der Waals surface area contributed by atoms with Crippen molar-refractivity contribution in [1.29, 1.82) is 0 Å². The smallest absolute Gasteiger partial charge is 0.145 e. The van der Waals surface area contributed by atoms with Crippen molar-refractivity contribution in [3.63, 3.8) is 0 Å². The number of Topliss-reactive ketones (excluding diaryl/α,β-unsaturated/α-hetero) is 1. The Balaban J connectivity index is 2.42. The molecule has 0 radical (unpaired) electrons. The molecule has 0 amide bonds. The Morgan fingerprint density at radius 2 is 2.06 bits per heavy atom. The van der Waals surface area contributed by atoms with Crippen molar-refractivity contribution in [3.8, 4) is 0 Å². The van der Waals surface area contributed by atoms with E-state index in [9.17, 15) is 4.79 Å². The van der Waals surface area contributed by atoms with E-state index in [1.807, 2.05) is 5.06 Å². The monoisotopic (exact) mass is 237 g/mol. The number of fused-ring (bicyclic) bond motifs is 1. The van der Waals surface area contributed by atoms with Crippen LogP contribution in [0.5, 0.6) is 0 Å². The number of hydrogen-bond acceptors (Lipinski definition) is 3. The Morgan fingerprint density at radius 1 is 1.41 bits per heavy atom.